The number of carbonyl (C=O) groups is 1. The van der Waals surface area contributed by atoms with Crippen molar-refractivity contribution in [3.05, 3.63) is 83.1 Å². The lowest BCUT2D eigenvalue weighted by Crippen LogP contribution is -2.24. The Labute approximate surface area is 159 Å². The van der Waals surface area contributed by atoms with Crippen molar-refractivity contribution in [3.8, 4) is 17.0 Å². The number of rotatable bonds is 4. The molecular weight excluding hydrogens is 366 g/mol. The number of nitrogens with one attached hydrogen (secondary N) is 1. The first-order chi connectivity index (χ1) is 13.6. The predicted octanol–water partition coefficient (Wildman–Crippen LogP) is 3.82. The number of halogens is 2. The smallest absolute Gasteiger partial charge is 0.253 e. The van der Waals surface area contributed by atoms with Crippen LogP contribution in [0.5, 0.6) is 5.75 Å². The van der Waals surface area contributed by atoms with Crippen LogP contribution in [0.15, 0.2) is 54.7 Å². The van der Waals surface area contributed by atoms with E-state index in [1.165, 1.54) is 30.5 Å². The van der Waals surface area contributed by atoms with Gasteiger partial charge in [-0.15, -0.1) is 0 Å². The van der Waals surface area contributed by atoms with E-state index in [-0.39, 0.29) is 31.7 Å². The summed E-state index contributed by atoms with van der Waals surface area (Å²) in [7, 11) is 0. The molecule has 4 rings (SSSR count). The van der Waals surface area contributed by atoms with Gasteiger partial charge in [0.1, 0.15) is 17.4 Å². The molecule has 0 bridgehead atoms. The van der Waals surface area contributed by atoms with Crippen LogP contribution in [0, 0.1) is 11.6 Å². The van der Waals surface area contributed by atoms with Crippen LogP contribution >= 0.6 is 0 Å². The minimum Gasteiger partial charge on any atom is -0.467 e. The number of hydrogen-bond donors (Lipinski definition) is 1. The molecule has 0 atom stereocenters. The number of amides is 1. The van der Waals surface area contributed by atoms with Crippen molar-refractivity contribution in [1.82, 2.24) is 10.3 Å². The number of ether oxygens (including phenoxy) is 2. The third-order valence-corrected chi connectivity index (χ3v) is 4.34. The van der Waals surface area contributed by atoms with E-state index in [1.54, 1.807) is 24.3 Å². The van der Waals surface area contributed by atoms with Gasteiger partial charge in [-0.2, -0.15) is 0 Å². The minimum atomic E-state index is -0.418. The molecule has 0 saturated heterocycles. The second-order valence-electron chi connectivity index (χ2n) is 6.29. The fraction of sp³-hybridized carbons (Fsp3) is 0.143. The van der Waals surface area contributed by atoms with Crippen LogP contribution in [0.2, 0.25) is 0 Å². The fourth-order valence-electron chi connectivity index (χ4n) is 3.01. The van der Waals surface area contributed by atoms with E-state index < -0.39 is 5.82 Å². The summed E-state index contributed by atoms with van der Waals surface area (Å²) in [5, 5.41) is 2.73. The average Bonchev–Trinajstić information content (AvgIpc) is 2.72. The molecule has 0 spiro atoms. The highest BCUT2D eigenvalue weighted by atomic mass is 19.1. The van der Waals surface area contributed by atoms with E-state index in [2.05, 4.69) is 10.3 Å². The Morgan fingerprint density at radius 3 is 2.79 bits per heavy atom. The van der Waals surface area contributed by atoms with Crippen molar-refractivity contribution < 1.29 is 23.0 Å². The van der Waals surface area contributed by atoms with E-state index in [1.807, 2.05) is 0 Å². The quantitative estimate of drug-likeness (QED) is 0.745. The molecule has 1 aromatic heterocycles. The van der Waals surface area contributed by atoms with Gasteiger partial charge in [0.15, 0.2) is 6.79 Å². The third kappa shape index (κ3) is 3.84. The molecule has 28 heavy (non-hydrogen) atoms. The molecule has 2 aromatic carbocycles. The lowest BCUT2D eigenvalue weighted by molar-refractivity contribution is -0.0173. The van der Waals surface area contributed by atoms with Crippen molar-refractivity contribution in [2.45, 2.75) is 13.2 Å². The Bertz CT molecular complexity index is 1020. The largest absolute Gasteiger partial charge is 0.467 e. The summed E-state index contributed by atoms with van der Waals surface area (Å²) < 4.78 is 37.7. The first-order valence-corrected chi connectivity index (χ1v) is 8.62. The van der Waals surface area contributed by atoms with Crippen LogP contribution in [-0.2, 0) is 17.9 Å². The summed E-state index contributed by atoms with van der Waals surface area (Å²) in [5.74, 6) is -0.596. The maximum atomic E-state index is 13.8. The van der Waals surface area contributed by atoms with Gasteiger partial charge in [0.05, 0.1) is 17.9 Å². The molecule has 0 fully saturated rings. The van der Waals surface area contributed by atoms with Gasteiger partial charge in [-0.05, 0) is 36.4 Å². The summed E-state index contributed by atoms with van der Waals surface area (Å²) in [4.78, 5) is 16.6. The minimum absolute atomic E-state index is 0.0883. The summed E-state index contributed by atoms with van der Waals surface area (Å²) >= 11 is 0. The van der Waals surface area contributed by atoms with Crippen molar-refractivity contribution in [2.75, 3.05) is 6.79 Å². The number of pyridine rings is 1. The Morgan fingerprint density at radius 1 is 1.11 bits per heavy atom. The highest BCUT2D eigenvalue weighted by Crippen LogP contribution is 2.29. The second kappa shape index (κ2) is 7.74. The van der Waals surface area contributed by atoms with Crippen molar-refractivity contribution in [1.29, 1.82) is 0 Å². The fourth-order valence-corrected chi connectivity index (χ4v) is 3.01. The van der Waals surface area contributed by atoms with Crippen LogP contribution in [-0.4, -0.2) is 17.7 Å². The molecule has 0 saturated carbocycles. The van der Waals surface area contributed by atoms with Crippen LogP contribution in [0.25, 0.3) is 11.3 Å². The molecule has 1 aliphatic rings. The lowest BCUT2D eigenvalue weighted by atomic mass is 10.1. The normalized spacial score (nSPS) is 12.8. The molecule has 3 aromatic rings. The van der Waals surface area contributed by atoms with E-state index in [0.29, 0.717) is 33.7 Å². The number of carbonyl (C=O) groups excluding carboxylic acids is 1. The predicted molar refractivity (Wildman–Crippen MR) is 97.5 cm³/mol. The number of fused-ring (bicyclic) bond motifs is 1. The maximum Gasteiger partial charge on any atom is 0.253 e. The maximum absolute atomic E-state index is 13.8. The molecule has 1 N–H and O–H groups in total. The Kier molecular flexibility index (Phi) is 4.99. The third-order valence-electron chi connectivity index (χ3n) is 4.34. The molecule has 0 aliphatic carbocycles. The van der Waals surface area contributed by atoms with Gasteiger partial charge in [0.25, 0.3) is 5.91 Å². The molecule has 7 heteroatoms. The number of nitrogens with zero attached hydrogens (tertiary/aromatic N) is 1. The number of aromatic nitrogens is 1. The monoisotopic (exact) mass is 382 g/mol. The Hall–Kier alpha value is -3.32. The standard InChI is InChI=1S/C21H16F2N2O3/c22-17-3-1-2-13(6-17)19-5-4-14(9-24-19)21(26)25-10-15-7-18(23)8-16-11-27-12-28-20(15)16/h1-9H,10-12H2,(H,25,26). The highest BCUT2D eigenvalue weighted by molar-refractivity contribution is 5.94. The van der Waals surface area contributed by atoms with Gasteiger partial charge in [-0.3, -0.25) is 9.78 Å². The molecule has 1 amide bonds. The molecule has 2 heterocycles. The molecule has 0 radical (unpaired) electrons. The Morgan fingerprint density at radius 2 is 2.00 bits per heavy atom. The lowest BCUT2D eigenvalue weighted by Gasteiger charge is -2.21. The zero-order valence-corrected chi connectivity index (χ0v) is 14.7. The summed E-state index contributed by atoms with van der Waals surface area (Å²) in [5.41, 5.74) is 2.67. The molecule has 142 valence electrons. The van der Waals surface area contributed by atoms with Crippen LogP contribution in [0.1, 0.15) is 21.5 Å². The zero-order valence-electron chi connectivity index (χ0n) is 14.7. The van der Waals surface area contributed by atoms with Crippen molar-refractivity contribution >= 4 is 5.91 Å². The number of hydrogen-bond acceptors (Lipinski definition) is 4. The van der Waals surface area contributed by atoms with E-state index in [9.17, 15) is 13.6 Å². The van der Waals surface area contributed by atoms with Gasteiger partial charge in [-0.25, -0.2) is 8.78 Å². The average molecular weight is 382 g/mol. The molecule has 0 unspecified atom stereocenters. The van der Waals surface area contributed by atoms with E-state index in [0.717, 1.165) is 0 Å². The molecular formula is C21H16F2N2O3. The van der Waals surface area contributed by atoms with Crippen LogP contribution < -0.4 is 10.1 Å². The second-order valence-corrected chi connectivity index (χ2v) is 6.29. The van der Waals surface area contributed by atoms with Gasteiger partial charge in [0, 0.05) is 29.4 Å². The summed E-state index contributed by atoms with van der Waals surface area (Å²) in [6, 6.07) is 12.0. The summed E-state index contributed by atoms with van der Waals surface area (Å²) in [6.07, 6.45) is 1.42. The first kappa shape index (κ1) is 18.1. The van der Waals surface area contributed by atoms with Gasteiger partial charge in [0.2, 0.25) is 0 Å². The summed E-state index contributed by atoms with van der Waals surface area (Å²) in [6.45, 7) is 0.453. The van der Waals surface area contributed by atoms with Gasteiger partial charge < -0.3 is 14.8 Å². The van der Waals surface area contributed by atoms with Crippen LogP contribution in [0.4, 0.5) is 8.78 Å². The van der Waals surface area contributed by atoms with Gasteiger partial charge in [-0.1, -0.05) is 12.1 Å². The first-order valence-electron chi connectivity index (χ1n) is 8.62. The SMILES string of the molecule is O=C(NCc1cc(F)cc2c1OCOC2)c1ccc(-c2cccc(F)c2)nc1. The number of benzene rings is 2. The molecule has 1 aliphatic heterocycles. The van der Waals surface area contributed by atoms with E-state index in [4.69, 9.17) is 9.47 Å². The van der Waals surface area contributed by atoms with Crippen molar-refractivity contribution in [2.24, 2.45) is 0 Å². The van der Waals surface area contributed by atoms with Crippen LogP contribution in [0.3, 0.4) is 0 Å². The topological polar surface area (TPSA) is 60.5 Å². The molecule has 5 nitrogen and oxygen atoms in total. The van der Waals surface area contributed by atoms with Crippen molar-refractivity contribution in [3.63, 3.8) is 0 Å². The highest BCUT2D eigenvalue weighted by Gasteiger charge is 2.17. The van der Waals surface area contributed by atoms with E-state index >= 15 is 0 Å². The zero-order chi connectivity index (χ0) is 19.5. The van der Waals surface area contributed by atoms with Gasteiger partial charge >= 0.3 is 0 Å². The Balaban J connectivity index is 1.47.